The van der Waals surface area contributed by atoms with Crippen LogP contribution in [0.25, 0.3) is 0 Å². The van der Waals surface area contributed by atoms with Gasteiger partial charge in [0.05, 0.1) is 0 Å². The highest BCUT2D eigenvalue weighted by atomic mass is 15.2. The average Bonchev–Trinajstić information content (AvgIpc) is 2.65. The first-order valence-electron chi connectivity index (χ1n) is 5.70. The summed E-state index contributed by atoms with van der Waals surface area (Å²) in [5.41, 5.74) is 7.19. The molecule has 2 rings (SSSR count). The lowest BCUT2D eigenvalue weighted by Crippen LogP contribution is -2.26. The Kier molecular flexibility index (Phi) is 3.19. The number of hydrogen-bond donors (Lipinski definition) is 2. The summed E-state index contributed by atoms with van der Waals surface area (Å²) in [6.45, 7) is 4.36. The summed E-state index contributed by atoms with van der Waals surface area (Å²) >= 11 is 0. The molecule has 0 aromatic carbocycles. The molecule has 0 saturated carbocycles. The standard InChI is InChI=1S/C12H18N4/c1-9-3-2-6-16(9)8-10-4-5-15-11(7-10)12(13)14/h4-5,7,9H,2-3,6,8H2,1H3,(H3,13,14). The second-order valence-electron chi connectivity index (χ2n) is 4.42. The molecule has 4 nitrogen and oxygen atoms in total. The Morgan fingerprint density at radius 2 is 2.50 bits per heavy atom. The molecule has 0 bridgehead atoms. The molecule has 0 radical (unpaired) electrons. The summed E-state index contributed by atoms with van der Waals surface area (Å²) in [5, 5.41) is 7.36. The lowest BCUT2D eigenvalue weighted by molar-refractivity contribution is 0.260. The fraction of sp³-hybridized carbons (Fsp3) is 0.500. The van der Waals surface area contributed by atoms with Crippen molar-refractivity contribution in [3.05, 3.63) is 29.6 Å². The maximum atomic E-state index is 7.36. The molecular weight excluding hydrogens is 200 g/mol. The van der Waals surface area contributed by atoms with Gasteiger partial charge in [0.25, 0.3) is 0 Å². The molecule has 16 heavy (non-hydrogen) atoms. The molecule has 1 aliphatic rings. The fourth-order valence-electron chi connectivity index (χ4n) is 2.18. The number of nitrogens with zero attached hydrogens (tertiary/aromatic N) is 2. The van der Waals surface area contributed by atoms with E-state index in [1.165, 1.54) is 24.9 Å². The van der Waals surface area contributed by atoms with Crippen LogP contribution in [-0.4, -0.2) is 28.3 Å². The molecule has 2 heterocycles. The van der Waals surface area contributed by atoms with Gasteiger partial charge in [0.2, 0.25) is 0 Å². The van der Waals surface area contributed by atoms with E-state index in [1.54, 1.807) is 6.20 Å². The monoisotopic (exact) mass is 218 g/mol. The van der Waals surface area contributed by atoms with Crippen LogP contribution < -0.4 is 5.73 Å². The van der Waals surface area contributed by atoms with Crippen LogP contribution in [0.1, 0.15) is 31.0 Å². The summed E-state index contributed by atoms with van der Waals surface area (Å²) in [6.07, 6.45) is 4.29. The highest BCUT2D eigenvalue weighted by molar-refractivity contribution is 5.93. The van der Waals surface area contributed by atoms with Gasteiger partial charge >= 0.3 is 0 Å². The van der Waals surface area contributed by atoms with Gasteiger partial charge in [-0.3, -0.25) is 15.3 Å². The molecule has 1 aromatic heterocycles. The molecule has 1 aliphatic heterocycles. The van der Waals surface area contributed by atoms with Crippen molar-refractivity contribution in [1.29, 1.82) is 5.41 Å². The van der Waals surface area contributed by atoms with Crippen LogP contribution in [0.3, 0.4) is 0 Å². The van der Waals surface area contributed by atoms with Crippen molar-refractivity contribution in [2.45, 2.75) is 32.4 Å². The van der Waals surface area contributed by atoms with E-state index >= 15 is 0 Å². The second kappa shape index (κ2) is 4.61. The summed E-state index contributed by atoms with van der Waals surface area (Å²) in [5.74, 6) is 0.0383. The Bertz CT molecular complexity index is 388. The smallest absolute Gasteiger partial charge is 0.141 e. The second-order valence-corrected chi connectivity index (χ2v) is 4.42. The molecule has 0 amide bonds. The van der Waals surface area contributed by atoms with Crippen molar-refractivity contribution in [1.82, 2.24) is 9.88 Å². The van der Waals surface area contributed by atoms with Crippen LogP contribution in [0.15, 0.2) is 18.3 Å². The number of amidine groups is 1. The van der Waals surface area contributed by atoms with E-state index < -0.39 is 0 Å². The van der Waals surface area contributed by atoms with Crippen LogP contribution in [-0.2, 0) is 6.54 Å². The van der Waals surface area contributed by atoms with Crippen LogP contribution in [0, 0.1) is 5.41 Å². The number of nitrogen functional groups attached to an aromatic ring is 1. The largest absolute Gasteiger partial charge is 0.382 e. The summed E-state index contributed by atoms with van der Waals surface area (Å²) in [4.78, 5) is 6.52. The third-order valence-electron chi connectivity index (χ3n) is 3.18. The number of aromatic nitrogens is 1. The van der Waals surface area contributed by atoms with E-state index in [1.807, 2.05) is 12.1 Å². The van der Waals surface area contributed by atoms with E-state index in [9.17, 15) is 0 Å². The first kappa shape index (κ1) is 11.1. The Hall–Kier alpha value is -1.42. The fourth-order valence-corrected chi connectivity index (χ4v) is 2.18. The van der Waals surface area contributed by atoms with Gasteiger partial charge in [-0.1, -0.05) is 0 Å². The van der Waals surface area contributed by atoms with Crippen molar-refractivity contribution in [3.63, 3.8) is 0 Å². The lowest BCUT2D eigenvalue weighted by Gasteiger charge is -2.20. The van der Waals surface area contributed by atoms with E-state index in [4.69, 9.17) is 11.1 Å². The molecule has 1 aromatic rings. The summed E-state index contributed by atoms with van der Waals surface area (Å²) in [6, 6.07) is 4.57. The van der Waals surface area contributed by atoms with Gasteiger partial charge in [-0.15, -0.1) is 0 Å². The van der Waals surface area contributed by atoms with Crippen molar-refractivity contribution in [3.8, 4) is 0 Å². The van der Waals surface area contributed by atoms with Crippen molar-refractivity contribution < 1.29 is 0 Å². The van der Waals surface area contributed by atoms with Gasteiger partial charge in [-0.25, -0.2) is 0 Å². The lowest BCUT2D eigenvalue weighted by atomic mass is 10.2. The average molecular weight is 218 g/mol. The highest BCUT2D eigenvalue weighted by Gasteiger charge is 2.20. The van der Waals surface area contributed by atoms with Crippen LogP contribution in [0.5, 0.6) is 0 Å². The molecule has 3 N–H and O–H groups in total. The first-order valence-corrected chi connectivity index (χ1v) is 5.70. The zero-order valence-corrected chi connectivity index (χ0v) is 9.61. The topological polar surface area (TPSA) is 66.0 Å². The molecule has 1 atom stereocenters. The van der Waals surface area contributed by atoms with Crippen LogP contribution in [0.4, 0.5) is 0 Å². The Morgan fingerprint density at radius 3 is 3.12 bits per heavy atom. The predicted molar refractivity (Wildman–Crippen MR) is 64.4 cm³/mol. The molecular formula is C12H18N4. The predicted octanol–water partition coefficient (Wildman–Crippen LogP) is 1.35. The van der Waals surface area contributed by atoms with Gasteiger partial charge in [-0.2, -0.15) is 0 Å². The maximum Gasteiger partial charge on any atom is 0.141 e. The molecule has 1 unspecified atom stereocenters. The Morgan fingerprint density at radius 1 is 1.69 bits per heavy atom. The molecule has 0 aliphatic carbocycles. The van der Waals surface area contributed by atoms with E-state index in [2.05, 4.69) is 16.8 Å². The molecule has 86 valence electrons. The number of nitrogens with two attached hydrogens (primary N) is 1. The van der Waals surface area contributed by atoms with E-state index in [0.29, 0.717) is 11.7 Å². The molecule has 1 fully saturated rings. The molecule has 4 heteroatoms. The third kappa shape index (κ3) is 2.39. The highest BCUT2D eigenvalue weighted by Crippen LogP contribution is 2.19. The Balaban J connectivity index is 2.09. The summed E-state index contributed by atoms with van der Waals surface area (Å²) in [7, 11) is 0. The van der Waals surface area contributed by atoms with Crippen LogP contribution in [0.2, 0.25) is 0 Å². The van der Waals surface area contributed by atoms with Gasteiger partial charge < -0.3 is 5.73 Å². The first-order chi connectivity index (χ1) is 7.66. The van der Waals surface area contributed by atoms with Crippen molar-refractivity contribution >= 4 is 5.84 Å². The van der Waals surface area contributed by atoms with Crippen molar-refractivity contribution in [2.75, 3.05) is 6.54 Å². The van der Waals surface area contributed by atoms with Gasteiger partial charge in [0, 0.05) is 18.8 Å². The van der Waals surface area contributed by atoms with E-state index in [0.717, 1.165) is 6.54 Å². The SMILES string of the molecule is CC1CCCN1Cc1ccnc(C(=N)N)c1. The van der Waals surface area contributed by atoms with Crippen molar-refractivity contribution in [2.24, 2.45) is 5.73 Å². The maximum absolute atomic E-state index is 7.36. The molecule has 0 spiro atoms. The van der Waals surface area contributed by atoms with Gasteiger partial charge in [0.1, 0.15) is 11.5 Å². The normalized spacial score (nSPS) is 21.2. The minimum Gasteiger partial charge on any atom is -0.382 e. The minimum atomic E-state index is 0.0383. The minimum absolute atomic E-state index is 0.0383. The zero-order chi connectivity index (χ0) is 11.5. The van der Waals surface area contributed by atoms with E-state index in [-0.39, 0.29) is 5.84 Å². The zero-order valence-electron chi connectivity index (χ0n) is 9.61. The summed E-state index contributed by atoms with van der Waals surface area (Å²) < 4.78 is 0. The number of hydrogen-bond acceptors (Lipinski definition) is 3. The number of rotatable bonds is 3. The van der Waals surface area contributed by atoms with Gasteiger partial charge in [0.15, 0.2) is 0 Å². The number of nitrogens with one attached hydrogen (secondary N) is 1. The number of likely N-dealkylation sites (tertiary alicyclic amines) is 1. The van der Waals surface area contributed by atoms with Gasteiger partial charge in [-0.05, 0) is 44.0 Å². The number of pyridine rings is 1. The quantitative estimate of drug-likeness (QED) is 0.594. The third-order valence-corrected chi connectivity index (χ3v) is 3.18. The van der Waals surface area contributed by atoms with Crippen LogP contribution >= 0.6 is 0 Å². The molecule has 1 saturated heterocycles. The Labute approximate surface area is 96.0 Å².